The standard InChI is InChI=1S/C19H21N3O4/c1-4-26-19(23)17-18(21-16-7-5-6-10-22(16)17)20-12-13-8-9-14(24-2)11-15(13)25-3/h5-11,20H,4,12H2,1-3H3. The van der Waals surface area contributed by atoms with Crippen LogP contribution in [0.25, 0.3) is 5.65 Å². The lowest BCUT2D eigenvalue weighted by atomic mass is 10.2. The zero-order valence-electron chi connectivity index (χ0n) is 15.0. The second kappa shape index (κ2) is 7.77. The van der Waals surface area contributed by atoms with Gasteiger partial charge in [-0.3, -0.25) is 4.40 Å². The van der Waals surface area contributed by atoms with Crippen LogP contribution in [0.5, 0.6) is 11.5 Å². The molecule has 0 bridgehead atoms. The third-order valence-corrected chi connectivity index (χ3v) is 3.94. The van der Waals surface area contributed by atoms with E-state index in [2.05, 4.69) is 10.3 Å². The van der Waals surface area contributed by atoms with Crippen molar-refractivity contribution in [2.75, 3.05) is 26.1 Å². The van der Waals surface area contributed by atoms with Crippen molar-refractivity contribution in [1.82, 2.24) is 9.38 Å². The summed E-state index contributed by atoms with van der Waals surface area (Å²) in [5.74, 6) is 1.45. The Labute approximate surface area is 151 Å². The number of ether oxygens (including phenoxy) is 3. The summed E-state index contributed by atoms with van der Waals surface area (Å²) in [6.45, 7) is 2.50. The van der Waals surface area contributed by atoms with Crippen molar-refractivity contribution >= 4 is 17.4 Å². The van der Waals surface area contributed by atoms with Crippen LogP contribution in [0.1, 0.15) is 23.0 Å². The van der Waals surface area contributed by atoms with Crippen LogP contribution in [0.3, 0.4) is 0 Å². The van der Waals surface area contributed by atoms with E-state index in [1.165, 1.54) is 0 Å². The van der Waals surface area contributed by atoms with E-state index in [1.54, 1.807) is 31.7 Å². The molecular weight excluding hydrogens is 334 g/mol. The van der Waals surface area contributed by atoms with Crippen LogP contribution in [-0.2, 0) is 11.3 Å². The third kappa shape index (κ3) is 3.42. The summed E-state index contributed by atoms with van der Waals surface area (Å²) in [5, 5.41) is 3.22. The van der Waals surface area contributed by atoms with Crippen LogP contribution in [0.15, 0.2) is 42.6 Å². The highest BCUT2D eigenvalue weighted by Crippen LogP contribution is 2.26. The summed E-state index contributed by atoms with van der Waals surface area (Å²) in [5.41, 5.74) is 1.95. The highest BCUT2D eigenvalue weighted by atomic mass is 16.5. The average Bonchev–Trinajstić information content (AvgIpc) is 3.04. The molecule has 0 saturated carbocycles. The molecule has 0 aliphatic heterocycles. The summed E-state index contributed by atoms with van der Waals surface area (Å²) in [7, 11) is 3.21. The first-order valence-electron chi connectivity index (χ1n) is 8.27. The second-order valence-electron chi connectivity index (χ2n) is 5.49. The maximum atomic E-state index is 12.4. The summed E-state index contributed by atoms with van der Waals surface area (Å²) >= 11 is 0. The number of esters is 1. The molecule has 26 heavy (non-hydrogen) atoms. The number of methoxy groups -OCH3 is 2. The monoisotopic (exact) mass is 355 g/mol. The molecule has 0 spiro atoms. The van der Waals surface area contributed by atoms with Gasteiger partial charge in [0.1, 0.15) is 17.1 Å². The fourth-order valence-corrected chi connectivity index (χ4v) is 2.69. The number of anilines is 1. The molecule has 0 amide bonds. The van der Waals surface area contributed by atoms with E-state index < -0.39 is 5.97 Å². The second-order valence-corrected chi connectivity index (χ2v) is 5.49. The average molecular weight is 355 g/mol. The molecule has 2 heterocycles. The van der Waals surface area contributed by atoms with E-state index in [9.17, 15) is 4.79 Å². The van der Waals surface area contributed by atoms with Gasteiger partial charge in [-0.15, -0.1) is 0 Å². The van der Waals surface area contributed by atoms with Gasteiger partial charge in [0.15, 0.2) is 11.5 Å². The number of fused-ring (bicyclic) bond motifs is 1. The van der Waals surface area contributed by atoms with Crippen molar-refractivity contribution in [1.29, 1.82) is 0 Å². The van der Waals surface area contributed by atoms with Gasteiger partial charge in [-0.2, -0.15) is 0 Å². The number of nitrogens with zero attached hydrogens (tertiary/aromatic N) is 2. The largest absolute Gasteiger partial charge is 0.497 e. The fourth-order valence-electron chi connectivity index (χ4n) is 2.69. The summed E-state index contributed by atoms with van der Waals surface area (Å²) in [6, 6.07) is 11.1. The van der Waals surface area contributed by atoms with E-state index in [0.717, 1.165) is 5.56 Å². The quantitative estimate of drug-likeness (QED) is 0.657. The first-order valence-corrected chi connectivity index (χ1v) is 8.27. The number of aromatic nitrogens is 2. The minimum atomic E-state index is -0.421. The number of nitrogens with one attached hydrogen (secondary N) is 1. The third-order valence-electron chi connectivity index (χ3n) is 3.94. The van der Waals surface area contributed by atoms with Crippen LogP contribution in [0.2, 0.25) is 0 Å². The van der Waals surface area contributed by atoms with Crippen LogP contribution >= 0.6 is 0 Å². The van der Waals surface area contributed by atoms with Gasteiger partial charge in [0.25, 0.3) is 0 Å². The van der Waals surface area contributed by atoms with Gasteiger partial charge in [0.2, 0.25) is 0 Å². The molecule has 1 aromatic carbocycles. The first kappa shape index (κ1) is 17.6. The maximum Gasteiger partial charge on any atom is 0.359 e. The minimum Gasteiger partial charge on any atom is -0.497 e. The van der Waals surface area contributed by atoms with E-state index in [-0.39, 0.29) is 0 Å². The molecule has 0 saturated heterocycles. The zero-order valence-corrected chi connectivity index (χ0v) is 15.0. The minimum absolute atomic E-state index is 0.296. The molecule has 0 atom stereocenters. The summed E-state index contributed by atoms with van der Waals surface area (Å²) in [6.07, 6.45) is 1.79. The number of carbonyl (C=O) groups is 1. The van der Waals surface area contributed by atoms with Gasteiger partial charge < -0.3 is 19.5 Å². The molecule has 3 rings (SSSR count). The Morgan fingerprint density at radius 3 is 2.77 bits per heavy atom. The van der Waals surface area contributed by atoms with Crippen molar-refractivity contribution in [3.8, 4) is 11.5 Å². The topological polar surface area (TPSA) is 74.1 Å². The Kier molecular flexibility index (Phi) is 5.26. The molecule has 0 fully saturated rings. The molecule has 2 aromatic heterocycles. The Bertz CT molecular complexity index is 920. The number of rotatable bonds is 7. The lowest BCUT2D eigenvalue weighted by Crippen LogP contribution is -2.12. The van der Waals surface area contributed by atoms with E-state index >= 15 is 0 Å². The number of imidazole rings is 1. The Balaban J connectivity index is 1.92. The van der Waals surface area contributed by atoms with Gasteiger partial charge in [0, 0.05) is 24.4 Å². The highest BCUT2D eigenvalue weighted by molar-refractivity contribution is 5.94. The van der Waals surface area contributed by atoms with Crippen LogP contribution in [-0.4, -0.2) is 36.2 Å². The van der Waals surface area contributed by atoms with Crippen LogP contribution in [0.4, 0.5) is 5.82 Å². The number of carbonyl (C=O) groups excluding carboxylic acids is 1. The van der Waals surface area contributed by atoms with Crippen molar-refractivity contribution in [2.24, 2.45) is 0 Å². The predicted molar refractivity (Wildman–Crippen MR) is 98.0 cm³/mol. The van der Waals surface area contributed by atoms with E-state index in [0.29, 0.717) is 41.8 Å². The molecule has 0 unspecified atom stereocenters. The van der Waals surface area contributed by atoms with Crippen molar-refractivity contribution in [3.63, 3.8) is 0 Å². The van der Waals surface area contributed by atoms with Gasteiger partial charge in [-0.1, -0.05) is 6.07 Å². The molecule has 7 heteroatoms. The molecular formula is C19H21N3O4. The molecule has 3 aromatic rings. The summed E-state index contributed by atoms with van der Waals surface area (Å²) in [4.78, 5) is 16.9. The fraction of sp³-hybridized carbons (Fsp3) is 0.263. The Hall–Kier alpha value is -3.22. The van der Waals surface area contributed by atoms with Crippen LogP contribution < -0.4 is 14.8 Å². The Morgan fingerprint density at radius 1 is 1.19 bits per heavy atom. The van der Waals surface area contributed by atoms with E-state index in [1.807, 2.05) is 36.4 Å². The van der Waals surface area contributed by atoms with Gasteiger partial charge in [-0.25, -0.2) is 9.78 Å². The lowest BCUT2D eigenvalue weighted by Gasteiger charge is -2.11. The van der Waals surface area contributed by atoms with Gasteiger partial charge in [0.05, 0.1) is 20.8 Å². The van der Waals surface area contributed by atoms with Crippen molar-refractivity contribution < 1.29 is 19.0 Å². The molecule has 0 radical (unpaired) electrons. The molecule has 1 N–H and O–H groups in total. The van der Waals surface area contributed by atoms with Crippen molar-refractivity contribution in [3.05, 3.63) is 53.9 Å². The SMILES string of the molecule is CCOC(=O)c1c(NCc2ccc(OC)cc2OC)nc2ccccn12. The first-order chi connectivity index (χ1) is 12.7. The van der Waals surface area contributed by atoms with Gasteiger partial charge in [-0.05, 0) is 31.2 Å². The highest BCUT2D eigenvalue weighted by Gasteiger charge is 2.20. The number of pyridine rings is 1. The number of benzene rings is 1. The Morgan fingerprint density at radius 2 is 2.04 bits per heavy atom. The molecule has 0 aliphatic carbocycles. The molecule has 7 nitrogen and oxygen atoms in total. The number of hydrogen-bond acceptors (Lipinski definition) is 6. The normalized spacial score (nSPS) is 10.6. The smallest absolute Gasteiger partial charge is 0.359 e. The lowest BCUT2D eigenvalue weighted by molar-refractivity contribution is 0.0519. The van der Waals surface area contributed by atoms with Crippen molar-refractivity contribution in [2.45, 2.75) is 13.5 Å². The maximum absolute atomic E-state index is 12.4. The molecule has 136 valence electrons. The molecule has 0 aliphatic rings. The zero-order chi connectivity index (χ0) is 18.5. The summed E-state index contributed by atoms with van der Waals surface area (Å²) < 4.78 is 17.5. The van der Waals surface area contributed by atoms with Gasteiger partial charge >= 0.3 is 5.97 Å². The van der Waals surface area contributed by atoms with E-state index in [4.69, 9.17) is 14.2 Å². The van der Waals surface area contributed by atoms with Crippen LogP contribution in [0, 0.1) is 0 Å². The predicted octanol–water partition coefficient (Wildman–Crippen LogP) is 3.14. The number of hydrogen-bond donors (Lipinski definition) is 1.